The van der Waals surface area contributed by atoms with E-state index in [0.717, 1.165) is 74.5 Å². The van der Waals surface area contributed by atoms with E-state index in [4.69, 9.17) is 16.3 Å². The normalized spacial score (nSPS) is 21.7. The van der Waals surface area contributed by atoms with Crippen molar-refractivity contribution >= 4 is 40.5 Å². The molecule has 0 spiro atoms. The number of benzene rings is 2. The van der Waals surface area contributed by atoms with Crippen LogP contribution in [0.2, 0.25) is 5.02 Å². The fourth-order valence-corrected chi connectivity index (χ4v) is 6.94. The summed E-state index contributed by atoms with van der Waals surface area (Å²) in [5.74, 6) is 1.39. The molecule has 1 aliphatic heterocycles. The summed E-state index contributed by atoms with van der Waals surface area (Å²) in [7, 11) is -1.46. The molecule has 1 heterocycles. The second kappa shape index (κ2) is 14.7. The van der Waals surface area contributed by atoms with Gasteiger partial charge in [0.15, 0.2) is 0 Å². The van der Waals surface area contributed by atoms with Gasteiger partial charge in [-0.3, -0.25) is 9.52 Å². The van der Waals surface area contributed by atoms with Crippen LogP contribution in [0.1, 0.15) is 93.6 Å². The SMILES string of the molecule is CCCCC(C=O)C1CCC1CN1CC(c2ccc(Cl)cc2CCC)COc2ccc(C(=O)NS(=O)C(C)C)cc21. The van der Waals surface area contributed by atoms with E-state index in [0.29, 0.717) is 24.0 Å². The van der Waals surface area contributed by atoms with Crippen LogP contribution in [-0.4, -0.2) is 41.3 Å². The van der Waals surface area contributed by atoms with Crippen molar-refractivity contribution in [2.75, 3.05) is 24.6 Å². The van der Waals surface area contributed by atoms with Gasteiger partial charge in [0.25, 0.3) is 5.91 Å². The Morgan fingerprint density at radius 3 is 2.63 bits per heavy atom. The van der Waals surface area contributed by atoms with Crippen LogP contribution >= 0.6 is 11.6 Å². The van der Waals surface area contributed by atoms with E-state index < -0.39 is 11.0 Å². The van der Waals surface area contributed by atoms with Crippen LogP contribution in [0, 0.1) is 17.8 Å². The molecule has 0 radical (unpaired) electrons. The fourth-order valence-electron chi connectivity index (χ4n) is 6.21. The Bertz CT molecular complexity index is 1240. The molecule has 1 N–H and O–H groups in total. The van der Waals surface area contributed by atoms with Crippen molar-refractivity contribution in [3.63, 3.8) is 0 Å². The smallest absolute Gasteiger partial charge is 0.263 e. The lowest BCUT2D eigenvalue weighted by atomic mass is 9.66. The summed E-state index contributed by atoms with van der Waals surface area (Å²) in [6.45, 7) is 10.0. The molecule has 2 aliphatic rings. The minimum Gasteiger partial charge on any atom is -0.491 e. The quantitative estimate of drug-likeness (QED) is 0.248. The maximum absolute atomic E-state index is 13.0. The lowest BCUT2D eigenvalue weighted by molar-refractivity contribution is -0.115. The summed E-state index contributed by atoms with van der Waals surface area (Å²) in [4.78, 5) is 27.4. The number of rotatable bonds is 13. The molecule has 6 nitrogen and oxygen atoms in total. The number of hydrogen-bond acceptors (Lipinski definition) is 5. The average molecular weight is 601 g/mol. The predicted octanol–water partition coefficient (Wildman–Crippen LogP) is 7.11. The maximum atomic E-state index is 13.0. The number of carbonyl (C=O) groups is 2. The lowest BCUT2D eigenvalue weighted by Gasteiger charge is -2.43. The molecule has 0 saturated heterocycles. The Kier molecular flexibility index (Phi) is 11.3. The highest BCUT2D eigenvalue weighted by atomic mass is 35.5. The second-order valence-corrected chi connectivity index (χ2v) is 14.1. The van der Waals surface area contributed by atoms with E-state index in [9.17, 15) is 13.8 Å². The molecular formula is C33H45ClN2O4S. The van der Waals surface area contributed by atoms with Crippen LogP contribution in [-0.2, 0) is 22.2 Å². The first-order valence-electron chi connectivity index (χ1n) is 15.2. The van der Waals surface area contributed by atoms with Crippen LogP contribution in [0.25, 0.3) is 0 Å². The molecule has 41 heavy (non-hydrogen) atoms. The fraction of sp³-hybridized carbons (Fsp3) is 0.576. The van der Waals surface area contributed by atoms with Crippen molar-refractivity contribution in [1.29, 1.82) is 0 Å². The van der Waals surface area contributed by atoms with Gasteiger partial charge >= 0.3 is 0 Å². The third-order valence-corrected chi connectivity index (χ3v) is 10.2. The Morgan fingerprint density at radius 1 is 1.17 bits per heavy atom. The number of hydrogen-bond donors (Lipinski definition) is 1. The van der Waals surface area contributed by atoms with Crippen LogP contribution < -0.4 is 14.4 Å². The van der Waals surface area contributed by atoms with Gasteiger partial charge in [0.2, 0.25) is 0 Å². The van der Waals surface area contributed by atoms with Gasteiger partial charge in [-0.1, -0.05) is 50.8 Å². The van der Waals surface area contributed by atoms with Gasteiger partial charge in [-0.25, -0.2) is 4.21 Å². The molecule has 1 aliphatic carbocycles. The van der Waals surface area contributed by atoms with E-state index in [1.54, 1.807) is 6.07 Å². The number of carbonyl (C=O) groups excluding carboxylic acids is 2. The van der Waals surface area contributed by atoms with Crippen LogP contribution in [0.4, 0.5) is 5.69 Å². The van der Waals surface area contributed by atoms with E-state index >= 15 is 0 Å². The maximum Gasteiger partial charge on any atom is 0.263 e. The van der Waals surface area contributed by atoms with Crippen LogP contribution in [0.15, 0.2) is 36.4 Å². The van der Waals surface area contributed by atoms with Gasteiger partial charge in [0.1, 0.15) is 23.0 Å². The van der Waals surface area contributed by atoms with Crippen molar-refractivity contribution in [3.05, 3.63) is 58.1 Å². The summed E-state index contributed by atoms with van der Waals surface area (Å²) in [5.41, 5.74) is 3.83. The van der Waals surface area contributed by atoms with Crippen molar-refractivity contribution in [2.24, 2.45) is 17.8 Å². The molecule has 0 aromatic heterocycles. The molecule has 2 aromatic carbocycles. The number of unbranched alkanes of at least 4 members (excludes halogenated alkanes) is 1. The van der Waals surface area contributed by atoms with E-state index in [1.165, 1.54) is 17.4 Å². The van der Waals surface area contributed by atoms with E-state index in [1.807, 2.05) is 32.0 Å². The second-order valence-electron chi connectivity index (χ2n) is 11.9. The molecular weight excluding hydrogens is 556 g/mol. The third kappa shape index (κ3) is 7.72. The highest BCUT2D eigenvalue weighted by molar-refractivity contribution is 7.84. The predicted molar refractivity (Wildman–Crippen MR) is 168 cm³/mol. The number of aldehydes is 1. The summed E-state index contributed by atoms with van der Waals surface area (Å²) in [5, 5.41) is 0.566. The number of halogens is 1. The number of nitrogens with one attached hydrogen (secondary N) is 1. The van der Waals surface area contributed by atoms with Gasteiger partial charge in [-0.15, -0.1) is 0 Å². The first kappa shape index (κ1) is 31.6. The summed E-state index contributed by atoms with van der Waals surface area (Å²) in [6, 6.07) is 11.6. The molecule has 4 rings (SSSR count). The van der Waals surface area contributed by atoms with Crippen LogP contribution in [0.3, 0.4) is 0 Å². The van der Waals surface area contributed by atoms with Gasteiger partial charge in [-0.05, 0) is 92.8 Å². The molecule has 5 unspecified atom stereocenters. The average Bonchev–Trinajstić information content (AvgIpc) is 3.12. The molecule has 1 fully saturated rings. The third-order valence-electron chi connectivity index (χ3n) is 8.68. The minimum absolute atomic E-state index is 0.0998. The number of ether oxygens (including phenoxy) is 1. The van der Waals surface area contributed by atoms with Crippen molar-refractivity contribution in [1.82, 2.24) is 4.72 Å². The monoisotopic (exact) mass is 600 g/mol. The van der Waals surface area contributed by atoms with Gasteiger partial charge in [-0.2, -0.15) is 0 Å². The summed E-state index contributed by atoms with van der Waals surface area (Å²) >= 11 is 6.39. The summed E-state index contributed by atoms with van der Waals surface area (Å²) < 4.78 is 21.4. The zero-order valence-corrected chi connectivity index (χ0v) is 26.4. The first-order chi connectivity index (χ1) is 19.7. The largest absolute Gasteiger partial charge is 0.491 e. The number of anilines is 1. The first-order valence-corrected chi connectivity index (χ1v) is 16.8. The van der Waals surface area contributed by atoms with Crippen LogP contribution in [0.5, 0.6) is 5.75 Å². The standard InChI is InChI=1S/C33H45ClN2O4S/c1-5-7-9-26(20-37)30-13-10-25(30)18-36-19-27(29-14-12-28(34)16-23(29)8-6-2)21-40-32-15-11-24(17-31(32)36)33(38)35-41(39)22(3)4/h11-12,14-17,20,22,25-27,30H,5-10,13,18-19,21H2,1-4H3,(H,35,38). The molecule has 0 bridgehead atoms. The molecule has 224 valence electrons. The Morgan fingerprint density at radius 2 is 1.98 bits per heavy atom. The molecule has 1 saturated carbocycles. The Hall–Kier alpha value is -2.38. The van der Waals surface area contributed by atoms with Crippen molar-refractivity contribution in [3.8, 4) is 5.75 Å². The number of amides is 1. The van der Waals surface area contributed by atoms with Gasteiger partial charge < -0.3 is 14.4 Å². The molecule has 2 aromatic rings. The van der Waals surface area contributed by atoms with E-state index in [2.05, 4.69) is 35.6 Å². The molecule has 5 atom stereocenters. The number of nitrogens with zero attached hydrogens (tertiary/aromatic N) is 1. The Balaban J connectivity index is 1.66. The highest BCUT2D eigenvalue weighted by Gasteiger charge is 2.39. The van der Waals surface area contributed by atoms with Crippen molar-refractivity contribution in [2.45, 2.75) is 83.8 Å². The molecule has 1 amide bonds. The van der Waals surface area contributed by atoms with Crippen molar-refractivity contribution < 1.29 is 18.5 Å². The van der Waals surface area contributed by atoms with Gasteiger partial charge in [0, 0.05) is 40.8 Å². The topological polar surface area (TPSA) is 75.7 Å². The minimum atomic E-state index is -1.46. The van der Waals surface area contributed by atoms with E-state index in [-0.39, 0.29) is 23.0 Å². The zero-order valence-electron chi connectivity index (χ0n) is 24.9. The summed E-state index contributed by atoms with van der Waals surface area (Å²) in [6.07, 6.45) is 8.43. The zero-order chi connectivity index (χ0) is 29.5. The highest BCUT2D eigenvalue weighted by Crippen LogP contribution is 2.44. The number of fused-ring (bicyclic) bond motifs is 1. The number of aryl methyl sites for hydroxylation is 1. The van der Waals surface area contributed by atoms with Gasteiger partial charge in [0.05, 0.1) is 12.3 Å². The lowest BCUT2D eigenvalue weighted by Crippen LogP contribution is -2.43. The Labute approximate surface area is 253 Å². The molecule has 8 heteroatoms.